The van der Waals surface area contributed by atoms with E-state index in [2.05, 4.69) is 63.8 Å². The zero-order valence-electron chi connectivity index (χ0n) is 10.5. The van der Waals surface area contributed by atoms with E-state index in [-0.39, 0.29) is 0 Å². The Labute approximate surface area is 99.0 Å². The molecule has 1 aromatic rings. The van der Waals surface area contributed by atoms with Crippen LogP contribution < -0.4 is 0 Å². The minimum atomic E-state index is 1.09. The summed E-state index contributed by atoms with van der Waals surface area (Å²) in [6.07, 6.45) is 7.12. The predicted molar refractivity (Wildman–Crippen MR) is 73.4 cm³/mol. The van der Waals surface area contributed by atoms with E-state index in [1.54, 1.807) is 0 Å². The average Bonchev–Trinajstić information content (AvgIpc) is 2.35. The third kappa shape index (κ3) is 2.96. The summed E-state index contributed by atoms with van der Waals surface area (Å²) in [5.74, 6) is 0. The number of benzene rings is 1. The first-order valence-corrected chi connectivity index (χ1v) is 5.78. The highest BCUT2D eigenvalue weighted by atomic mass is 14.1. The largest absolute Gasteiger partial charge is 0.0990 e. The van der Waals surface area contributed by atoms with E-state index >= 15 is 0 Å². The molecular weight excluding hydrogens is 192 g/mol. The van der Waals surface area contributed by atoms with Gasteiger partial charge in [0.15, 0.2) is 0 Å². The normalized spacial score (nSPS) is 12.7. The minimum absolute atomic E-state index is 1.09. The van der Waals surface area contributed by atoms with Crippen molar-refractivity contribution in [2.24, 2.45) is 0 Å². The van der Waals surface area contributed by atoms with Crippen molar-refractivity contribution >= 4 is 5.57 Å². The highest BCUT2D eigenvalue weighted by Gasteiger charge is 2.02. The topological polar surface area (TPSA) is 0 Å². The highest BCUT2D eigenvalue weighted by molar-refractivity contribution is 5.79. The molecule has 0 heteroatoms. The van der Waals surface area contributed by atoms with Crippen molar-refractivity contribution in [3.8, 4) is 0 Å². The Hall–Kier alpha value is -1.56. The average molecular weight is 212 g/mol. The van der Waals surface area contributed by atoms with Crippen LogP contribution in [0.3, 0.4) is 0 Å². The van der Waals surface area contributed by atoms with Crippen molar-refractivity contribution < 1.29 is 0 Å². The third-order valence-corrected chi connectivity index (χ3v) is 2.82. The van der Waals surface area contributed by atoms with Crippen LogP contribution in [0, 0.1) is 0 Å². The first kappa shape index (κ1) is 12.5. The van der Waals surface area contributed by atoms with Gasteiger partial charge < -0.3 is 0 Å². The van der Waals surface area contributed by atoms with Gasteiger partial charge in [-0.15, -0.1) is 0 Å². The van der Waals surface area contributed by atoms with Gasteiger partial charge in [0.1, 0.15) is 0 Å². The number of allylic oxidation sites excluding steroid dienone is 5. The molecule has 0 unspecified atom stereocenters. The maximum atomic E-state index is 3.77. The summed E-state index contributed by atoms with van der Waals surface area (Å²) >= 11 is 0. The second kappa shape index (κ2) is 6.12. The van der Waals surface area contributed by atoms with Crippen LogP contribution in [0.15, 0.2) is 54.6 Å². The molecule has 84 valence electrons. The van der Waals surface area contributed by atoms with Crippen LogP contribution in [0.5, 0.6) is 0 Å². The molecule has 0 fully saturated rings. The summed E-state index contributed by atoms with van der Waals surface area (Å²) in [5, 5.41) is 0. The number of hydrogen-bond donors (Lipinski definition) is 0. The van der Waals surface area contributed by atoms with Gasteiger partial charge in [0.25, 0.3) is 0 Å². The minimum Gasteiger partial charge on any atom is -0.0990 e. The summed E-state index contributed by atoms with van der Waals surface area (Å²) < 4.78 is 0. The molecule has 0 bridgehead atoms. The lowest BCUT2D eigenvalue weighted by Gasteiger charge is -2.08. The van der Waals surface area contributed by atoms with Crippen LogP contribution in [0.1, 0.15) is 31.9 Å². The molecule has 0 saturated carbocycles. The highest BCUT2D eigenvalue weighted by Crippen LogP contribution is 2.23. The second-order valence-corrected chi connectivity index (χ2v) is 3.84. The van der Waals surface area contributed by atoms with Gasteiger partial charge in [0.2, 0.25) is 0 Å². The standard InChI is InChI=1S/C16H20/c1-5-8-16(13(4)6-2)15-11-9-14(7-3)10-12-15/h5-6,8-12H,1,7H2,2-4H3/b13-6-,16-8+. The van der Waals surface area contributed by atoms with Gasteiger partial charge in [-0.1, -0.05) is 56.0 Å². The van der Waals surface area contributed by atoms with Crippen molar-refractivity contribution in [2.45, 2.75) is 27.2 Å². The summed E-state index contributed by atoms with van der Waals surface area (Å²) in [7, 11) is 0. The van der Waals surface area contributed by atoms with Crippen molar-refractivity contribution in [3.05, 3.63) is 65.8 Å². The number of aryl methyl sites for hydroxylation is 1. The molecule has 0 nitrogen and oxygen atoms in total. The Morgan fingerprint density at radius 3 is 2.31 bits per heavy atom. The Kier molecular flexibility index (Phi) is 4.78. The molecule has 1 aromatic carbocycles. The Bertz CT molecular complexity index is 402. The van der Waals surface area contributed by atoms with Gasteiger partial charge >= 0.3 is 0 Å². The first-order chi connectivity index (χ1) is 7.72. The van der Waals surface area contributed by atoms with E-state index in [4.69, 9.17) is 0 Å². The van der Waals surface area contributed by atoms with Gasteiger partial charge in [-0.05, 0) is 42.5 Å². The molecule has 0 aliphatic rings. The molecule has 0 heterocycles. The number of hydrogen-bond acceptors (Lipinski definition) is 0. The van der Waals surface area contributed by atoms with E-state index in [9.17, 15) is 0 Å². The molecule has 0 spiro atoms. The molecular formula is C16H20. The van der Waals surface area contributed by atoms with Gasteiger partial charge in [0, 0.05) is 0 Å². The van der Waals surface area contributed by atoms with Crippen LogP contribution in [-0.4, -0.2) is 0 Å². The summed E-state index contributed by atoms with van der Waals surface area (Å²) in [4.78, 5) is 0. The quantitative estimate of drug-likeness (QED) is 0.630. The fourth-order valence-corrected chi connectivity index (χ4v) is 1.65. The van der Waals surface area contributed by atoms with E-state index in [1.165, 1.54) is 22.3 Å². The lowest BCUT2D eigenvalue weighted by Crippen LogP contribution is -1.88. The molecule has 0 aromatic heterocycles. The smallest absolute Gasteiger partial charge is 0.0158 e. The fraction of sp³-hybridized carbons (Fsp3) is 0.250. The molecule has 1 rings (SSSR count). The van der Waals surface area contributed by atoms with E-state index in [1.807, 2.05) is 6.08 Å². The van der Waals surface area contributed by atoms with Crippen LogP contribution >= 0.6 is 0 Å². The molecule has 16 heavy (non-hydrogen) atoms. The van der Waals surface area contributed by atoms with Crippen LogP contribution in [0.2, 0.25) is 0 Å². The summed E-state index contributed by atoms with van der Waals surface area (Å²) in [6.45, 7) is 10.1. The lowest BCUT2D eigenvalue weighted by molar-refractivity contribution is 1.14. The molecule has 0 amide bonds. The second-order valence-electron chi connectivity index (χ2n) is 3.84. The molecule has 0 atom stereocenters. The molecule has 0 radical (unpaired) electrons. The van der Waals surface area contributed by atoms with Crippen LogP contribution in [-0.2, 0) is 6.42 Å². The fourth-order valence-electron chi connectivity index (χ4n) is 1.65. The van der Waals surface area contributed by atoms with E-state index < -0.39 is 0 Å². The molecule has 0 N–H and O–H groups in total. The Morgan fingerprint density at radius 1 is 1.25 bits per heavy atom. The predicted octanol–water partition coefficient (Wildman–Crippen LogP) is 4.78. The van der Waals surface area contributed by atoms with Crippen LogP contribution in [0.4, 0.5) is 0 Å². The molecule has 0 aliphatic heterocycles. The molecule has 0 aliphatic carbocycles. The first-order valence-electron chi connectivity index (χ1n) is 5.78. The van der Waals surface area contributed by atoms with Gasteiger partial charge in [-0.3, -0.25) is 0 Å². The Morgan fingerprint density at radius 2 is 1.88 bits per heavy atom. The van der Waals surface area contributed by atoms with Gasteiger partial charge in [-0.2, -0.15) is 0 Å². The Balaban J connectivity index is 3.12. The number of rotatable bonds is 4. The SMILES string of the molecule is C=C/C=C(\C(C)=C/C)c1ccc(CC)cc1. The maximum absolute atomic E-state index is 3.77. The maximum Gasteiger partial charge on any atom is -0.0158 e. The van der Waals surface area contributed by atoms with Gasteiger partial charge in [-0.25, -0.2) is 0 Å². The van der Waals surface area contributed by atoms with Crippen LogP contribution in [0.25, 0.3) is 5.57 Å². The van der Waals surface area contributed by atoms with Crippen molar-refractivity contribution in [1.29, 1.82) is 0 Å². The van der Waals surface area contributed by atoms with Crippen molar-refractivity contribution in [2.75, 3.05) is 0 Å². The van der Waals surface area contributed by atoms with Gasteiger partial charge in [0.05, 0.1) is 0 Å². The third-order valence-electron chi connectivity index (χ3n) is 2.82. The summed E-state index contributed by atoms with van der Waals surface area (Å²) in [6, 6.07) is 8.74. The zero-order chi connectivity index (χ0) is 12.0. The summed E-state index contributed by atoms with van der Waals surface area (Å²) in [5.41, 5.74) is 5.16. The van der Waals surface area contributed by atoms with E-state index in [0.717, 1.165) is 6.42 Å². The molecule has 0 saturated heterocycles. The lowest BCUT2D eigenvalue weighted by atomic mass is 9.97. The monoisotopic (exact) mass is 212 g/mol. The zero-order valence-corrected chi connectivity index (χ0v) is 10.5. The van der Waals surface area contributed by atoms with E-state index in [0.29, 0.717) is 0 Å². The van der Waals surface area contributed by atoms with Crippen molar-refractivity contribution in [1.82, 2.24) is 0 Å². The van der Waals surface area contributed by atoms with Crippen molar-refractivity contribution in [3.63, 3.8) is 0 Å².